The molecule has 84 valence electrons. The number of benzene rings is 1. The number of anilines is 1. The number of alkyl halides is 4. The molecule has 1 aromatic carbocycles. The lowest BCUT2D eigenvalue weighted by Gasteiger charge is -2.13. The summed E-state index contributed by atoms with van der Waals surface area (Å²) in [6.07, 6.45) is -4.84. The monoisotopic (exact) mass is 287 g/mol. The van der Waals surface area contributed by atoms with Gasteiger partial charge in [-0.2, -0.15) is 0 Å². The summed E-state index contributed by atoms with van der Waals surface area (Å²) in [5.74, 6) is -1.28. The van der Waals surface area contributed by atoms with E-state index < -0.39 is 17.9 Å². The summed E-state index contributed by atoms with van der Waals surface area (Å²) in [6.45, 7) is 0. The van der Waals surface area contributed by atoms with Crippen molar-refractivity contribution < 1.29 is 22.3 Å². The van der Waals surface area contributed by atoms with Crippen molar-refractivity contribution in [3.8, 4) is 5.75 Å². The molecule has 2 N–H and O–H groups in total. The zero-order chi connectivity index (χ0) is 11.6. The summed E-state index contributed by atoms with van der Waals surface area (Å²) in [5, 5.41) is 0.0136. The third-order valence-electron chi connectivity index (χ3n) is 1.62. The normalized spacial score (nSPS) is 11.5. The molecule has 0 fully saturated rings. The molecule has 0 radical (unpaired) electrons. The Kier molecular flexibility index (Phi) is 3.43. The molecule has 0 aliphatic carbocycles. The number of rotatable bonds is 2. The molecule has 0 saturated heterocycles. The summed E-state index contributed by atoms with van der Waals surface area (Å²) in [7, 11) is 0. The molecule has 0 amide bonds. The molecule has 0 aliphatic rings. The van der Waals surface area contributed by atoms with Crippen LogP contribution in [0.25, 0.3) is 0 Å². The zero-order valence-electron chi connectivity index (χ0n) is 7.24. The van der Waals surface area contributed by atoms with Gasteiger partial charge in [-0.1, -0.05) is 15.9 Å². The topological polar surface area (TPSA) is 35.2 Å². The van der Waals surface area contributed by atoms with Crippen molar-refractivity contribution in [1.82, 2.24) is 0 Å². The smallest absolute Gasteiger partial charge is 0.404 e. The van der Waals surface area contributed by atoms with Crippen molar-refractivity contribution in [2.45, 2.75) is 11.7 Å². The van der Waals surface area contributed by atoms with Crippen LogP contribution >= 0.6 is 15.9 Å². The Bertz CT molecular complexity index is 366. The van der Waals surface area contributed by atoms with Gasteiger partial charge in [-0.3, -0.25) is 0 Å². The summed E-state index contributed by atoms with van der Waals surface area (Å²) in [5.41, 5.74) is 4.89. The second-order valence-corrected chi connectivity index (χ2v) is 3.18. The number of ether oxygens (including phenoxy) is 1. The van der Waals surface area contributed by atoms with E-state index in [1.54, 1.807) is 0 Å². The molecule has 7 heteroatoms. The summed E-state index contributed by atoms with van der Waals surface area (Å²) in [4.78, 5) is 0. The lowest BCUT2D eigenvalue weighted by atomic mass is 10.2. The van der Waals surface area contributed by atoms with Crippen LogP contribution in [0.1, 0.15) is 5.56 Å². The number of halogens is 5. The first kappa shape index (κ1) is 12.1. The highest BCUT2D eigenvalue weighted by Crippen LogP contribution is 2.33. The van der Waals surface area contributed by atoms with E-state index in [0.29, 0.717) is 0 Å². The highest BCUT2D eigenvalue weighted by Gasteiger charge is 2.32. The molecule has 0 bridgehead atoms. The third kappa shape index (κ3) is 2.98. The lowest BCUT2D eigenvalue weighted by Crippen LogP contribution is -2.18. The number of nitrogens with two attached hydrogens (primary N) is 1. The van der Waals surface area contributed by atoms with E-state index in [1.165, 1.54) is 0 Å². The first-order valence-corrected chi connectivity index (χ1v) is 4.86. The van der Waals surface area contributed by atoms with Gasteiger partial charge in [0.1, 0.15) is 5.82 Å². The van der Waals surface area contributed by atoms with Crippen LogP contribution in [0.5, 0.6) is 5.75 Å². The standard InChI is InChI=1S/C8H6BrF4NO/c9-3-4-5(10)1-2-6(7(4)14)15-8(11,12)13/h1-2H,3,14H2. The van der Waals surface area contributed by atoms with Crippen molar-refractivity contribution in [3.05, 3.63) is 23.5 Å². The fourth-order valence-corrected chi connectivity index (χ4v) is 1.54. The van der Waals surface area contributed by atoms with Crippen molar-refractivity contribution in [2.75, 3.05) is 5.73 Å². The largest absolute Gasteiger partial charge is 0.573 e. The first-order chi connectivity index (χ1) is 6.85. The van der Waals surface area contributed by atoms with Crippen LogP contribution in [0, 0.1) is 5.82 Å². The molecule has 0 atom stereocenters. The van der Waals surface area contributed by atoms with Crippen molar-refractivity contribution in [2.24, 2.45) is 0 Å². The summed E-state index contributed by atoms with van der Waals surface area (Å²) < 4.78 is 52.3. The maximum atomic E-state index is 13.0. The minimum absolute atomic E-state index is 0.0136. The van der Waals surface area contributed by atoms with Gasteiger partial charge in [0.15, 0.2) is 5.75 Å². The Morgan fingerprint density at radius 1 is 1.33 bits per heavy atom. The lowest BCUT2D eigenvalue weighted by molar-refractivity contribution is -0.274. The van der Waals surface area contributed by atoms with Gasteiger partial charge in [0.2, 0.25) is 0 Å². The Balaban J connectivity index is 3.11. The minimum Gasteiger partial charge on any atom is -0.404 e. The van der Waals surface area contributed by atoms with Crippen LogP contribution in [-0.4, -0.2) is 6.36 Å². The fourth-order valence-electron chi connectivity index (χ4n) is 0.966. The Hall–Kier alpha value is -0.980. The molecule has 1 rings (SSSR count). The molecule has 1 aromatic rings. The maximum absolute atomic E-state index is 13.0. The first-order valence-electron chi connectivity index (χ1n) is 3.73. The van der Waals surface area contributed by atoms with Gasteiger partial charge in [0, 0.05) is 10.9 Å². The number of hydrogen-bond acceptors (Lipinski definition) is 2. The van der Waals surface area contributed by atoms with E-state index in [2.05, 4.69) is 20.7 Å². The number of hydrogen-bond donors (Lipinski definition) is 1. The van der Waals surface area contributed by atoms with E-state index >= 15 is 0 Å². The van der Waals surface area contributed by atoms with Gasteiger partial charge in [-0.05, 0) is 12.1 Å². The maximum Gasteiger partial charge on any atom is 0.573 e. The molecule has 0 unspecified atom stereocenters. The predicted octanol–water partition coefficient (Wildman–Crippen LogP) is 3.20. The molecule has 2 nitrogen and oxygen atoms in total. The van der Waals surface area contributed by atoms with E-state index in [0.717, 1.165) is 12.1 Å². The van der Waals surface area contributed by atoms with E-state index in [-0.39, 0.29) is 16.6 Å². The van der Waals surface area contributed by atoms with Gasteiger partial charge in [0.25, 0.3) is 0 Å². The van der Waals surface area contributed by atoms with Gasteiger partial charge in [-0.15, -0.1) is 13.2 Å². The van der Waals surface area contributed by atoms with Gasteiger partial charge >= 0.3 is 6.36 Å². The minimum atomic E-state index is -4.84. The molecule has 0 aromatic heterocycles. The van der Waals surface area contributed by atoms with Crippen molar-refractivity contribution in [1.29, 1.82) is 0 Å². The SMILES string of the molecule is Nc1c(OC(F)(F)F)ccc(F)c1CBr. The molecule has 15 heavy (non-hydrogen) atoms. The van der Waals surface area contributed by atoms with Crippen molar-refractivity contribution in [3.63, 3.8) is 0 Å². The summed E-state index contributed by atoms with van der Waals surface area (Å²) >= 11 is 2.92. The highest BCUT2D eigenvalue weighted by atomic mass is 79.9. The van der Waals surface area contributed by atoms with E-state index in [9.17, 15) is 17.6 Å². The van der Waals surface area contributed by atoms with Crippen LogP contribution in [0.15, 0.2) is 12.1 Å². The molecular weight excluding hydrogens is 282 g/mol. The average Bonchev–Trinajstić information content (AvgIpc) is 2.09. The van der Waals surface area contributed by atoms with Gasteiger partial charge < -0.3 is 10.5 Å². The van der Waals surface area contributed by atoms with Crippen LogP contribution in [0.2, 0.25) is 0 Å². The second kappa shape index (κ2) is 4.26. The molecular formula is C8H6BrF4NO. The number of nitrogen functional groups attached to an aromatic ring is 1. The third-order valence-corrected chi connectivity index (χ3v) is 2.18. The van der Waals surface area contributed by atoms with Gasteiger partial charge in [0.05, 0.1) is 5.69 Å². The molecule has 0 aliphatic heterocycles. The Labute approximate surface area is 91.1 Å². The zero-order valence-corrected chi connectivity index (χ0v) is 8.82. The van der Waals surface area contributed by atoms with Crippen molar-refractivity contribution >= 4 is 21.6 Å². The van der Waals surface area contributed by atoms with Gasteiger partial charge in [-0.25, -0.2) is 4.39 Å². The van der Waals surface area contributed by atoms with E-state index in [1.807, 2.05) is 0 Å². The Morgan fingerprint density at radius 3 is 2.40 bits per heavy atom. The van der Waals surface area contributed by atoms with Crippen LogP contribution in [0.3, 0.4) is 0 Å². The second-order valence-electron chi connectivity index (χ2n) is 2.62. The Morgan fingerprint density at radius 2 is 1.93 bits per heavy atom. The quantitative estimate of drug-likeness (QED) is 0.515. The fraction of sp³-hybridized carbons (Fsp3) is 0.250. The summed E-state index contributed by atoms with van der Waals surface area (Å²) in [6, 6.07) is 1.71. The highest BCUT2D eigenvalue weighted by molar-refractivity contribution is 9.08. The van der Waals surface area contributed by atoms with Crippen LogP contribution in [0.4, 0.5) is 23.2 Å². The van der Waals surface area contributed by atoms with Crippen LogP contribution < -0.4 is 10.5 Å². The molecule has 0 saturated carbocycles. The predicted molar refractivity (Wildman–Crippen MR) is 50.1 cm³/mol. The molecule has 0 spiro atoms. The average molecular weight is 288 g/mol. The van der Waals surface area contributed by atoms with Crippen LogP contribution in [-0.2, 0) is 5.33 Å². The molecule has 0 heterocycles. The van der Waals surface area contributed by atoms with E-state index in [4.69, 9.17) is 5.73 Å².